The molecule has 0 aliphatic rings. The van der Waals surface area contributed by atoms with Gasteiger partial charge in [-0.15, -0.1) is 0 Å². The molecule has 0 aliphatic heterocycles. The molecule has 0 aromatic heterocycles. The maximum absolute atomic E-state index is 9.37. The molecule has 2 N–H and O–H groups in total. The fourth-order valence-corrected chi connectivity index (χ4v) is 0.425. The molecule has 1 unspecified atom stereocenters. The van der Waals surface area contributed by atoms with Crippen LogP contribution < -0.4 is 0 Å². The van der Waals surface area contributed by atoms with Crippen LogP contribution in [-0.2, 0) is 4.79 Å². The van der Waals surface area contributed by atoms with Gasteiger partial charge in [0, 0.05) is 13.0 Å². The summed E-state index contributed by atoms with van der Waals surface area (Å²) in [7, 11) is 0. The van der Waals surface area contributed by atoms with E-state index in [0.717, 1.165) is 6.42 Å². The molecule has 0 aromatic carbocycles. The summed E-state index contributed by atoms with van der Waals surface area (Å²) in [5, 5.41) is 16.1. The molecule has 0 radical (unpaired) electrons. The normalized spacial score (nSPS) is 11.3. The summed E-state index contributed by atoms with van der Waals surface area (Å²) in [5.74, 6) is -0.0463. The third-order valence-electron chi connectivity index (χ3n) is 1.62. The van der Waals surface area contributed by atoms with E-state index >= 15 is 0 Å². The van der Waals surface area contributed by atoms with Gasteiger partial charge in [-0.1, -0.05) is 27.2 Å². The van der Waals surface area contributed by atoms with E-state index in [1.165, 1.54) is 6.42 Å². The lowest BCUT2D eigenvalue weighted by atomic mass is 10.1. The lowest BCUT2D eigenvalue weighted by Gasteiger charge is -2.01. The molecule has 3 nitrogen and oxygen atoms in total. The Morgan fingerprint density at radius 3 is 1.92 bits per heavy atom. The molecule has 0 saturated heterocycles. The molecule has 0 spiro atoms. The summed E-state index contributed by atoms with van der Waals surface area (Å²) in [4.78, 5) is 9.37. The molecule has 0 rings (SSSR count). The van der Waals surface area contributed by atoms with E-state index < -0.39 is 5.97 Å². The smallest absolute Gasteiger partial charge is 0.303 e. The van der Waals surface area contributed by atoms with Crippen LogP contribution in [0, 0.1) is 5.92 Å². The van der Waals surface area contributed by atoms with Crippen LogP contribution in [0.5, 0.6) is 0 Å². The van der Waals surface area contributed by atoms with Gasteiger partial charge in [-0.2, -0.15) is 0 Å². The molecule has 0 fully saturated rings. The largest absolute Gasteiger partial charge is 0.481 e. The zero-order valence-electron chi connectivity index (χ0n) is 8.21. The van der Waals surface area contributed by atoms with Gasteiger partial charge in [0.15, 0.2) is 0 Å². The van der Waals surface area contributed by atoms with Crippen molar-refractivity contribution in [3.8, 4) is 0 Å². The Kier molecular flexibility index (Phi) is 12.2. The lowest BCUT2D eigenvalue weighted by Crippen LogP contribution is -1.94. The highest BCUT2D eigenvalue weighted by Crippen LogP contribution is 2.03. The van der Waals surface area contributed by atoms with E-state index in [0.29, 0.717) is 12.5 Å². The summed E-state index contributed by atoms with van der Waals surface area (Å²) in [6.07, 6.45) is 2.36. The highest BCUT2D eigenvalue weighted by atomic mass is 16.4. The summed E-state index contributed by atoms with van der Waals surface area (Å²) >= 11 is 0. The van der Waals surface area contributed by atoms with Crippen LogP contribution in [-0.4, -0.2) is 22.8 Å². The molecular weight excluding hydrogens is 156 g/mol. The number of aliphatic hydroxyl groups is 1. The van der Waals surface area contributed by atoms with Crippen LogP contribution in [0.15, 0.2) is 0 Å². The van der Waals surface area contributed by atoms with Gasteiger partial charge in [0.2, 0.25) is 0 Å². The molecule has 0 saturated carbocycles. The van der Waals surface area contributed by atoms with Crippen LogP contribution in [0.3, 0.4) is 0 Å². The zero-order chi connectivity index (χ0) is 9.98. The van der Waals surface area contributed by atoms with Crippen LogP contribution in [0.2, 0.25) is 0 Å². The van der Waals surface area contributed by atoms with Gasteiger partial charge < -0.3 is 10.2 Å². The number of carboxylic acids is 1. The molecule has 74 valence electrons. The van der Waals surface area contributed by atoms with Crippen molar-refractivity contribution in [2.24, 2.45) is 5.92 Å². The number of aliphatic carboxylic acids is 1. The number of rotatable bonds is 4. The Morgan fingerprint density at radius 2 is 1.83 bits per heavy atom. The molecule has 0 aromatic rings. The van der Waals surface area contributed by atoms with Crippen molar-refractivity contribution in [2.45, 2.75) is 40.0 Å². The first-order valence-corrected chi connectivity index (χ1v) is 4.41. The fraction of sp³-hybridized carbons (Fsp3) is 0.889. The first-order valence-electron chi connectivity index (χ1n) is 4.41. The van der Waals surface area contributed by atoms with E-state index in [1.807, 2.05) is 0 Å². The SMILES string of the molecule is CCC(=O)O.CCC(C)CCO. The van der Waals surface area contributed by atoms with Crippen molar-refractivity contribution in [1.29, 1.82) is 0 Å². The van der Waals surface area contributed by atoms with Crippen molar-refractivity contribution in [1.82, 2.24) is 0 Å². The first kappa shape index (κ1) is 14.0. The highest BCUT2D eigenvalue weighted by Gasteiger charge is 1.93. The molecule has 0 amide bonds. The maximum atomic E-state index is 9.37. The molecule has 3 heteroatoms. The van der Waals surface area contributed by atoms with Crippen molar-refractivity contribution in [3.63, 3.8) is 0 Å². The summed E-state index contributed by atoms with van der Waals surface area (Å²) in [5.41, 5.74) is 0. The average Bonchev–Trinajstić information content (AvgIpc) is 2.06. The van der Waals surface area contributed by atoms with Crippen LogP contribution >= 0.6 is 0 Å². The maximum Gasteiger partial charge on any atom is 0.303 e. The number of hydrogen-bond donors (Lipinski definition) is 2. The second-order valence-electron chi connectivity index (χ2n) is 2.77. The average molecular weight is 176 g/mol. The Balaban J connectivity index is 0. The second kappa shape index (κ2) is 10.4. The van der Waals surface area contributed by atoms with Gasteiger partial charge >= 0.3 is 5.97 Å². The van der Waals surface area contributed by atoms with Crippen LogP contribution in [0.4, 0.5) is 0 Å². The minimum Gasteiger partial charge on any atom is -0.481 e. The molecule has 0 bridgehead atoms. The number of aliphatic hydroxyl groups excluding tert-OH is 1. The van der Waals surface area contributed by atoms with Crippen LogP contribution in [0.1, 0.15) is 40.0 Å². The van der Waals surface area contributed by atoms with Gasteiger partial charge in [-0.25, -0.2) is 0 Å². The van der Waals surface area contributed by atoms with Gasteiger partial charge in [0.25, 0.3) is 0 Å². The second-order valence-corrected chi connectivity index (χ2v) is 2.77. The van der Waals surface area contributed by atoms with E-state index in [-0.39, 0.29) is 6.42 Å². The minimum absolute atomic E-state index is 0.222. The van der Waals surface area contributed by atoms with E-state index in [9.17, 15) is 4.79 Å². The molecule has 0 aliphatic carbocycles. The molecule has 0 heterocycles. The topological polar surface area (TPSA) is 57.5 Å². The van der Waals surface area contributed by atoms with E-state index in [2.05, 4.69) is 13.8 Å². The molecule has 1 atom stereocenters. The molecule has 12 heavy (non-hydrogen) atoms. The predicted octanol–water partition coefficient (Wildman–Crippen LogP) is 1.90. The molecular formula is C9H20O3. The number of carboxylic acid groups (broad SMARTS) is 1. The zero-order valence-corrected chi connectivity index (χ0v) is 8.21. The summed E-state index contributed by atoms with van der Waals surface area (Å²) < 4.78 is 0. The Bertz CT molecular complexity index is 102. The van der Waals surface area contributed by atoms with Crippen molar-refractivity contribution in [2.75, 3.05) is 6.61 Å². The minimum atomic E-state index is -0.745. The monoisotopic (exact) mass is 176 g/mol. The van der Waals surface area contributed by atoms with E-state index in [4.69, 9.17) is 10.2 Å². The predicted molar refractivity (Wildman–Crippen MR) is 49.1 cm³/mol. The van der Waals surface area contributed by atoms with Gasteiger partial charge in [0.05, 0.1) is 0 Å². The Morgan fingerprint density at radius 1 is 1.42 bits per heavy atom. The fourth-order valence-electron chi connectivity index (χ4n) is 0.425. The Labute approximate surface area is 74.4 Å². The summed E-state index contributed by atoms with van der Waals surface area (Å²) in [6, 6.07) is 0. The third kappa shape index (κ3) is 16.2. The van der Waals surface area contributed by atoms with Crippen molar-refractivity contribution >= 4 is 5.97 Å². The number of carbonyl (C=O) groups is 1. The number of hydrogen-bond acceptors (Lipinski definition) is 2. The van der Waals surface area contributed by atoms with Gasteiger partial charge in [-0.05, 0) is 12.3 Å². The standard InChI is InChI=1S/C6H14O.C3H6O2/c1-3-6(2)4-5-7;1-2-3(4)5/h6-7H,3-5H2,1-2H3;2H2,1H3,(H,4,5). The van der Waals surface area contributed by atoms with Crippen molar-refractivity contribution in [3.05, 3.63) is 0 Å². The summed E-state index contributed by atoms with van der Waals surface area (Å²) in [6.45, 7) is 6.23. The van der Waals surface area contributed by atoms with Gasteiger partial charge in [0.1, 0.15) is 0 Å². The highest BCUT2D eigenvalue weighted by molar-refractivity contribution is 5.66. The quantitative estimate of drug-likeness (QED) is 0.687. The van der Waals surface area contributed by atoms with E-state index in [1.54, 1.807) is 6.92 Å². The van der Waals surface area contributed by atoms with Crippen molar-refractivity contribution < 1.29 is 15.0 Å². The van der Waals surface area contributed by atoms with Gasteiger partial charge in [-0.3, -0.25) is 4.79 Å². The van der Waals surface area contributed by atoms with Crippen LogP contribution in [0.25, 0.3) is 0 Å². The first-order chi connectivity index (χ1) is 5.58. The third-order valence-corrected chi connectivity index (χ3v) is 1.62. The lowest BCUT2D eigenvalue weighted by molar-refractivity contribution is -0.136. The Hall–Kier alpha value is -0.570.